The Labute approximate surface area is 82.0 Å². The van der Waals surface area contributed by atoms with Crippen molar-refractivity contribution in [2.75, 3.05) is 5.43 Å². The fourth-order valence-electron chi connectivity index (χ4n) is 1.03. The molecular weight excluding hydrogens is 180 g/mol. The van der Waals surface area contributed by atoms with E-state index in [0.29, 0.717) is 0 Å². The zero-order valence-electron chi connectivity index (χ0n) is 7.60. The van der Waals surface area contributed by atoms with E-state index in [4.69, 9.17) is 10.9 Å². The first-order valence-corrected chi connectivity index (χ1v) is 4.17. The van der Waals surface area contributed by atoms with Gasteiger partial charge in [0.25, 0.3) is 0 Å². The van der Waals surface area contributed by atoms with Crippen LogP contribution in [0.4, 0.5) is 5.69 Å². The second-order valence-electron chi connectivity index (χ2n) is 2.77. The minimum absolute atomic E-state index is 0.0281. The van der Waals surface area contributed by atoms with E-state index < -0.39 is 5.97 Å². The van der Waals surface area contributed by atoms with Crippen LogP contribution >= 0.6 is 0 Å². The van der Waals surface area contributed by atoms with E-state index in [-0.39, 0.29) is 6.42 Å². The maximum atomic E-state index is 10.2. The summed E-state index contributed by atoms with van der Waals surface area (Å²) in [7, 11) is 0. The molecule has 0 radical (unpaired) electrons. The van der Waals surface area contributed by atoms with Crippen LogP contribution in [0.2, 0.25) is 0 Å². The van der Waals surface area contributed by atoms with Crippen molar-refractivity contribution in [2.24, 2.45) is 5.84 Å². The second-order valence-corrected chi connectivity index (χ2v) is 2.77. The Kier molecular flexibility index (Phi) is 3.69. The molecule has 0 aliphatic rings. The molecule has 0 spiro atoms. The van der Waals surface area contributed by atoms with Gasteiger partial charge in [-0.15, -0.1) is 0 Å². The third kappa shape index (κ3) is 3.28. The summed E-state index contributed by atoms with van der Waals surface area (Å²) < 4.78 is 0. The summed E-state index contributed by atoms with van der Waals surface area (Å²) in [5, 5.41) is 8.41. The van der Waals surface area contributed by atoms with Crippen molar-refractivity contribution in [3.63, 3.8) is 0 Å². The largest absolute Gasteiger partial charge is 0.481 e. The number of carbonyl (C=O) groups is 1. The summed E-state index contributed by atoms with van der Waals surface area (Å²) in [6.07, 6.45) is 3.37. The average Bonchev–Trinajstić information content (AvgIpc) is 2.18. The fraction of sp³-hybridized carbons (Fsp3) is 0.100. The number of carboxylic acids is 1. The van der Waals surface area contributed by atoms with Gasteiger partial charge in [0, 0.05) is 5.69 Å². The van der Waals surface area contributed by atoms with E-state index in [9.17, 15) is 4.79 Å². The highest BCUT2D eigenvalue weighted by atomic mass is 16.4. The number of benzene rings is 1. The monoisotopic (exact) mass is 192 g/mol. The highest BCUT2D eigenvalue weighted by Gasteiger charge is 1.92. The van der Waals surface area contributed by atoms with Crippen LogP contribution in [0.25, 0.3) is 6.08 Å². The molecule has 1 aromatic rings. The third-order valence-corrected chi connectivity index (χ3v) is 1.66. The normalized spacial score (nSPS) is 10.4. The standard InChI is InChI=1S/C10H12N2O2/c11-12-9-5-1-3-8(7-9)4-2-6-10(13)14/h1-5,7,12H,6,11H2,(H,13,14). The van der Waals surface area contributed by atoms with Gasteiger partial charge in [-0.25, -0.2) is 0 Å². The van der Waals surface area contributed by atoms with Gasteiger partial charge in [0.15, 0.2) is 0 Å². The molecule has 1 aromatic carbocycles. The van der Waals surface area contributed by atoms with Crippen LogP contribution in [-0.2, 0) is 4.79 Å². The predicted octanol–water partition coefficient (Wildman–Crippen LogP) is 1.46. The summed E-state index contributed by atoms with van der Waals surface area (Å²) in [5.41, 5.74) is 4.23. The molecule has 0 aliphatic carbocycles. The average molecular weight is 192 g/mol. The Balaban J connectivity index is 2.66. The van der Waals surface area contributed by atoms with Crippen LogP contribution in [0.15, 0.2) is 30.3 Å². The summed E-state index contributed by atoms with van der Waals surface area (Å²) in [6, 6.07) is 7.38. The molecule has 14 heavy (non-hydrogen) atoms. The zero-order chi connectivity index (χ0) is 10.4. The third-order valence-electron chi connectivity index (χ3n) is 1.66. The van der Waals surface area contributed by atoms with E-state index in [2.05, 4.69) is 5.43 Å². The van der Waals surface area contributed by atoms with E-state index in [1.54, 1.807) is 12.2 Å². The number of carboxylic acid groups (broad SMARTS) is 1. The molecule has 4 nitrogen and oxygen atoms in total. The molecule has 0 bridgehead atoms. The maximum Gasteiger partial charge on any atom is 0.307 e. The van der Waals surface area contributed by atoms with Crippen molar-refractivity contribution < 1.29 is 9.90 Å². The first-order valence-electron chi connectivity index (χ1n) is 4.17. The minimum Gasteiger partial charge on any atom is -0.481 e. The summed E-state index contributed by atoms with van der Waals surface area (Å²) in [6.45, 7) is 0. The molecule has 4 heteroatoms. The molecule has 0 atom stereocenters. The van der Waals surface area contributed by atoms with E-state index in [0.717, 1.165) is 11.3 Å². The van der Waals surface area contributed by atoms with Gasteiger partial charge in [0.2, 0.25) is 0 Å². The van der Waals surface area contributed by atoms with Crippen molar-refractivity contribution in [3.05, 3.63) is 35.9 Å². The number of nitrogens with one attached hydrogen (secondary N) is 1. The Hall–Kier alpha value is -1.81. The lowest BCUT2D eigenvalue weighted by atomic mass is 10.2. The van der Waals surface area contributed by atoms with Gasteiger partial charge < -0.3 is 10.5 Å². The van der Waals surface area contributed by atoms with Crippen molar-refractivity contribution in [3.8, 4) is 0 Å². The molecule has 0 amide bonds. The van der Waals surface area contributed by atoms with Crippen LogP contribution in [0.5, 0.6) is 0 Å². The Bertz CT molecular complexity index is 348. The second kappa shape index (κ2) is 5.04. The number of nitrogen functional groups attached to an aromatic ring is 1. The van der Waals surface area contributed by atoms with Gasteiger partial charge in [-0.1, -0.05) is 24.3 Å². The molecule has 74 valence electrons. The topological polar surface area (TPSA) is 75.3 Å². The van der Waals surface area contributed by atoms with Crippen molar-refractivity contribution in [1.82, 2.24) is 0 Å². The Morgan fingerprint density at radius 2 is 2.36 bits per heavy atom. The molecule has 0 aliphatic heterocycles. The quantitative estimate of drug-likeness (QED) is 0.498. The van der Waals surface area contributed by atoms with Crippen LogP contribution in [0.3, 0.4) is 0 Å². The van der Waals surface area contributed by atoms with Crippen LogP contribution < -0.4 is 11.3 Å². The van der Waals surface area contributed by atoms with Crippen molar-refractivity contribution >= 4 is 17.7 Å². The molecule has 0 saturated carbocycles. The van der Waals surface area contributed by atoms with Gasteiger partial charge in [-0.3, -0.25) is 10.6 Å². The van der Waals surface area contributed by atoms with Crippen molar-refractivity contribution in [1.29, 1.82) is 0 Å². The zero-order valence-corrected chi connectivity index (χ0v) is 7.60. The summed E-state index contributed by atoms with van der Waals surface area (Å²) in [5.74, 6) is 4.39. The fourth-order valence-corrected chi connectivity index (χ4v) is 1.03. The van der Waals surface area contributed by atoms with Gasteiger partial charge in [-0.05, 0) is 17.7 Å². The van der Waals surface area contributed by atoms with Gasteiger partial charge in [0.1, 0.15) is 0 Å². The van der Waals surface area contributed by atoms with Gasteiger partial charge in [-0.2, -0.15) is 0 Å². The summed E-state index contributed by atoms with van der Waals surface area (Å²) in [4.78, 5) is 10.2. The lowest BCUT2D eigenvalue weighted by Crippen LogP contribution is -2.06. The lowest BCUT2D eigenvalue weighted by Gasteiger charge is -1.99. The van der Waals surface area contributed by atoms with E-state index >= 15 is 0 Å². The first kappa shape index (κ1) is 10.3. The summed E-state index contributed by atoms with van der Waals surface area (Å²) >= 11 is 0. The van der Waals surface area contributed by atoms with Crippen LogP contribution in [0.1, 0.15) is 12.0 Å². The number of hydrogen-bond donors (Lipinski definition) is 3. The van der Waals surface area contributed by atoms with E-state index in [1.165, 1.54) is 0 Å². The van der Waals surface area contributed by atoms with Crippen molar-refractivity contribution in [2.45, 2.75) is 6.42 Å². The smallest absolute Gasteiger partial charge is 0.307 e. The number of hydrazine groups is 1. The van der Waals surface area contributed by atoms with E-state index in [1.807, 2.05) is 24.3 Å². The number of nitrogens with two attached hydrogens (primary N) is 1. The Morgan fingerprint density at radius 3 is 3.00 bits per heavy atom. The highest BCUT2D eigenvalue weighted by molar-refractivity contribution is 5.70. The number of rotatable bonds is 4. The molecular formula is C10H12N2O2. The molecule has 1 rings (SSSR count). The Morgan fingerprint density at radius 1 is 1.57 bits per heavy atom. The number of aliphatic carboxylic acids is 1. The molecule has 0 aromatic heterocycles. The molecule has 0 fully saturated rings. The van der Waals surface area contributed by atoms with Gasteiger partial charge in [0.05, 0.1) is 6.42 Å². The predicted molar refractivity (Wildman–Crippen MR) is 55.5 cm³/mol. The lowest BCUT2D eigenvalue weighted by molar-refractivity contribution is -0.135. The van der Waals surface area contributed by atoms with Gasteiger partial charge >= 0.3 is 5.97 Å². The van der Waals surface area contributed by atoms with Crippen LogP contribution in [-0.4, -0.2) is 11.1 Å². The molecule has 0 saturated heterocycles. The number of anilines is 1. The number of hydrogen-bond acceptors (Lipinski definition) is 3. The minimum atomic E-state index is -0.839. The molecule has 0 heterocycles. The molecule has 0 unspecified atom stereocenters. The highest BCUT2D eigenvalue weighted by Crippen LogP contribution is 2.10. The SMILES string of the molecule is NNc1cccc(C=CCC(=O)O)c1. The molecule has 4 N–H and O–H groups in total. The first-order chi connectivity index (χ1) is 6.72. The maximum absolute atomic E-state index is 10.2. The van der Waals surface area contributed by atoms with Crippen LogP contribution in [0, 0.1) is 0 Å².